The number of hydrogen-bond donors (Lipinski definition) is 1. The zero-order valence-electron chi connectivity index (χ0n) is 12.0. The van der Waals surface area contributed by atoms with E-state index < -0.39 is 6.04 Å². The lowest BCUT2D eigenvalue weighted by molar-refractivity contribution is -0.143. The molecule has 4 heteroatoms. The van der Waals surface area contributed by atoms with Crippen molar-refractivity contribution in [2.75, 3.05) is 20.8 Å². The van der Waals surface area contributed by atoms with Crippen LogP contribution in [0.25, 0.3) is 10.8 Å². The Morgan fingerprint density at radius 1 is 1.20 bits per heavy atom. The van der Waals surface area contributed by atoms with Gasteiger partial charge in [-0.25, -0.2) is 4.79 Å². The Bertz CT molecular complexity index is 610. The quantitative estimate of drug-likeness (QED) is 0.851. The molecule has 0 aliphatic carbocycles. The lowest BCUT2D eigenvalue weighted by atomic mass is 9.97. The van der Waals surface area contributed by atoms with Gasteiger partial charge in [-0.05, 0) is 23.4 Å². The molecule has 0 fully saturated rings. The summed E-state index contributed by atoms with van der Waals surface area (Å²) in [6.07, 6.45) is 0. The average molecular weight is 273 g/mol. The number of esters is 1. The molecule has 0 bridgehead atoms. The fourth-order valence-electron chi connectivity index (χ4n) is 2.38. The molecule has 0 heterocycles. The number of rotatable bonds is 5. The summed E-state index contributed by atoms with van der Waals surface area (Å²) in [6, 6.07) is 11.2. The summed E-state index contributed by atoms with van der Waals surface area (Å²) in [4.78, 5) is 12.1. The molecular formula is C16H19NO3. The zero-order chi connectivity index (χ0) is 14.5. The van der Waals surface area contributed by atoms with Crippen LogP contribution < -0.4 is 10.1 Å². The highest BCUT2D eigenvalue weighted by Crippen LogP contribution is 2.33. The maximum Gasteiger partial charge on any atom is 0.327 e. The van der Waals surface area contributed by atoms with Crippen LogP contribution in [0.2, 0.25) is 0 Å². The van der Waals surface area contributed by atoms with Crippen LogP contribution in [0.5, 0.6) is 5.75 Å². The molecule has 0 saturated heterocycles. The number of likely N-dealkylation sites (N-methyl/N-ethyl adjacent to an activating group) is 1. The van der Waals surface area contributed by atoms with Crippen molar-refractivity contribution in [1.82, 2.24) is 5.32 Å². The number of carbonyl (C=O) groups is 1. The predicted molar refractivity (Wildman–Crippen MR) is 78.9 cm³/mol. The first-order valence-corrected chi connectivity index (χ1v) is 6.59. The molecule has 1 atom stereocenters. The molecule has 1 N–H and O–H groups in total. The molecule has 2 aromatic rings. The van der Waals surface area contributed by atoms with E-state index in [-0.39, 0.29) is 5.97 Å². The normalized spacial score (nSPS) is 12.2. The van der Waals surface area contributed by atoms with E-state index in [0.29, 0.717) is 12.3 Å². The molecular weight excluding hydrogens is 254 g/mol. The van der Waals surface area contributed by atoms with Gasteiger partial charge in [0.15, 0.2) is 0 Å². The second-order valence-corrected chi connectivity index (χ2v) is 4.42. The molecule has 20 heavy (non-hydrogen) atoms. The Morgan fingerprint density at radius 3 is 2.60 bits per heavy atom. The van der Waals surface area contributed by atoms with E-state index in [1.807, 2.05) is 43.3 Å². The Morgan fingerprint density at radius 2 is 1.95 bits per heavy atom. The molecule has 0 saturated carbocycles. The summed E-state index contributed by atoms with van der Waals surface area (Å²) in [5, 5.41) is 5.22. The van der Waals surface area contributed by atoms with E-state index in [1.54, 1.807) is 7.11 Å². The Labute approximate surface area is 118 Å². The summed E-state index contributed by atoms with van der Waals surface area (Å²) >= 11 is 0. The molecule has 4 nitrogen and oxygen atoms in total. The van der Waals surface area contributed by atoms with Crippen LogP contribution in [-0.4, -0.2) is 26.7 Å². The molecule has 2 rings (SSSR count). The second-order valence-electron chi connectivity index (χ2n) is 4.42. The smallest absolute Gasteiger partial charge is 0.327 e. The molecule has 2 aromatic carbocycles. The number of nitrogens with one attached hydrogen (secondary N) is 1. The third-order valence-corrected chi connectivity index (χ3v) is 3.28. The minimum atomic E-state index is -0.536. The first-order chi connectivity index (χ1) is 9.72. The van der Waals surface area contributed by atoms with Gasteiger partial charge in [-0.1, -0.05) is 37.3 Å². The van der Waals surface area contributed by atoms with Gasteiger partial charge in [0.1, 0.15) is 11.8 Å². The Hall–Kier alpha value is -2.07. The number of methoxy groups -OCH3 is 2. The maximum absolute atomic E-state index is 12.1. The number of benzene rings is 2. The van der Waals surface area contributed by atoms with Crippen molar-refractivity contribution in [2.24, 2.45) is 0 Å². The van der Waals surface area contributed by atoms with Gasteiger partial charge in [-0.2, -0.15) is 0 Å². The minimum absolute atomic E-state index is 0.318. The topological polar surface area (TPSA) is 47.6 Å². The Balaban J connectivity index is 2.67. The second kappa shape index (κ2) is 6.39. The average Bonchev–Trinajstić information content (AvgIpc) is 2.51. The van der Waals surface area contributed by atoms with Crippen molar-refractivity contribution in [1.29, 1.82) is 0 Å². The van der Waals surface area contributed by atoms with Crippen molar-refractivity contribution < 1.29 is 14.3 Å². The third kappa shape index (κ3) is 2.60. The van der Waals surface area contributed by atoms with E-state index in [9.17, 15) is 4.79 Å². The van der Waals surface area contributed by atoms with Crippen LogP contribution in [-0.2, 0) is 9.53 Å². The predicted octanol–water partition coefficient (Wildman–Crippen LogP) is 2.67. The molecule has 0 amide bonds. The van der Waals surface area contributed by atoms with Gasteiger partial charge in [-0.3, -0.25) is 0 Å². The number of carbonyl (C=O) groups excluding carboxylic acids is 1. The van der Waals surface area contributed by atoms with Crippen LogP contribution in [0.1, 0.15) is 18.5 Å². The molecule has 0 aliphatic rings. The standard InChI is InChI=1S/C16H19NO3/c1-4-17-15(16(18)20-3)14-12-8-6-5-7-11(12)9-10-13(14)19-2/h5-10,15,17H,4H2,1-3H3. The molecule has 0 aliphatic heterocycles. The first-order valence-electron chi connectivity index (χ1n) is 6.59. The summed E-state index contributed by atoms with van der Waals surface area (Å²) in [6.45, 7) is 2.61. The van der Waals surface area contributed by atoms with Gasteiger partial charge < -0.3 is 14.8 Å². The van der Waals surface area contributed by atoms with Crippen molar-refractivity contribution in [3.8, 4) is 5.75 Å². The molecule has 0 radical (unpaired) electrons. The van der Waals surface area contributed by atoms with Gasteiger partial charge >= 0.3 is 5.97 Å². The van der Waals surface area contributed by atoms with Crippen molar-refractivity contribution >= 4 is 16.7 Å². The van der Waals surface area contributed by atoms with E-state index in [0.717, 1.165) is 16.3 Å². The minimum Gasteiger partial charge on any atom is -0.496 e. The highest BCUT2D eigenvalue weighted by atomic mass is 16.5. The third-order valence-electron chi connectivity index (χ3n) is 3.28. The molecule has 1 unspecified atom stereocenters. The van der Waals surface area contributed by atoms with Gasteiger partial charge in [0.2, 0.25) is 0 Å². The number of hydrogen-bond acceptors (Lipinski definition) is 4. The molecule has 0 aromatic heterocycles. The fourth-order valence-corrected chi connectivity index (χ4v) is 2.38. The summed E-state index contributed by atoms with van der Waals surface area (Å²) in [5.74, 6) is 0.363. The monoisotopic (exact) mass is 273 g/mol. The summed E-state index contributed by atoms with van der Waals surface area (Å²) in [5.41, 5.74) is 0.819. The lowest BCUT2D eigenvalue weighted by Gasteiger charge is -2.20. The fraction of sp³-hybridized carbons (Fsp3) is 0.312. The van der Waals surface area contributed by atoms with Crippen LogP contribution in [0.3, 0.4) is 0 Å². The number of ether oxygens (including phenoxy) is 2. The van der Waals surface area contributed by atoms with Crippen LogP contribution >= 0.6 is 0 Å². The van der Waals surface area contributed by atoms with Gasteiger partial charge in [0.25, 0.3) is 0 Å². The van der Waals surface area contributed by atoms with Crippen molar-refractivity contribution in [3.05, 3.63) is 42.0 Å². The molecule has 0 spiro atoms. The highest BCUT2D eigenvalue weighted by Gasteiger charge is 2.25. The van der Waals surface area contributed by atoms with Crippen molar-refractivity contribution in [3.63, 3.8) is 0 Å². The van der Waals surface area contributed by atoms with Crippen LogP contribution in [0, 0.1) is 0 Å². The first kappa shape index (κ1) is 14.3. The van der Waals surface area contributed by atoms with Crippen LogP contribution in [0.4, 0.5) is 0 Å². The summed E-state index contributed by atoms with van der Waals surface area (Å²) in [7, 11) is 3.00. The Kier molecular flexibility index (Phi) is 4.58. The zero-order valence-corrected chi connectivity index (χ0v) is 12.0. The van der Waals surface area contributed by atoms with E-state index >= 15 is 0 Å². The van der Waals surface area contributed by atoms with Gasteiger partial charge in [-0.15, -0.1) is 0 Å². The van der Waals surface area contributed by atoms with Crippen LogP contribution in [0.15, 0.2) is 36.4 Å². The maximum atomic E-state index is 12.1. The highest BCUT2D eigenvalue weighted by molar-refractivity contribution is 5.93. The van der Waals surface area contributed by atoms with Crippen molar-refractivity contribution in [2.45, 2.75) is 13.0 Å². The SMILES string of the molecule is CCNC(C(=O)OC)c1c(OC)ccc2ccccc12. The summed E-state index contributed by atoms with van der Waals surface area (Å²) < 4.78 is 10.3. The van der Waals surface area contributed by atoms with E-state index in [4.69, 9.17) is 9.47 Å². The van der Waals surface area contributed by atoms with E-state index in [1.165, 1.54) is 7.11 Å². The molecule has 106 valence electrons. The lowest BCUT2D eigenvalue weighted by Crippen LogP contribution is -2.30. The van der Waals surface area contributed by atoms with Gasteiger partial charge in [0, 0.05) is 5.56 Å². The largest absolute Gasteiger partial charge is 0.496 e. The number of fused-ring (bicyclic) bond motifs is 1. The van der Waals surface area contributed by atoms with Gasteiger partial charge in [0.05, 0.1) is 14.2 Å². The van der Waals surface area contributed by atoms with E-state index in [2.05, 4.69) is 5.32 Å².